The second-order valence-corrected chi connectivity index (χ2v) is 4.75. The Kier molecular flexibility index (Phi) is 3.48. The van der Waals surface area contributed by atoms with Crippen LogP contribution in [0.2, 0.25) is 0 Å². The van der Waals surface area contributed by atoms with Crippen LogP contribution >= 0.6 is 0 Å². The van der Waals surface area contributed by atoms with Gasteiger partial charge in [0.2, 0.25) is 0 Å². The molecule has 0 atom stereocenters. The summed E-state index contributed by atoms with van der Waals surface area (Å²) in [6.45, 7) is 6.02. The number of aryl methyl sites for hydroxylation is 1. The van der Waals surface area contributed by atoms with E-state index in [1.165, 1.54) is 6.07 Å². The summed E-state index contributed by atoms with van der Waals surface area (Å²) in [5, 5.41) is 3.74. The van der Waals surface area contributed by atoms with Crippen LogP contribution < -0.4 is 5.32 Å². The number of para-hydroxylation sites is 1. The van der Waals surface area contributed by atoms with Crippen molar-refractivity contribution in [3.8, 4) is 0 Å². The van der Waals surface area contributed by atoms with Crippen molar-refractivity contribution in [3.05, 3.63) is 35.3 Å². The third-order valence-corrected chi connectivity index (χ3v) is 2.92. The molecule has 0 saturated heterocycles. The van der Waals surface area contributed by atoms with Gasteiger partial charge in [-0.1, -0.05) is 26.0 Å². The zero-order valence-corrected chi connectivity index (χ0v) is 10.8. The van der Waals surface area contributed by atoms with Crippen LogP contribution in [0.15, 0.2) is 18.2 Å². The van der Waals surface area contributed by atoms with E-state index in [1.54, 1.807) is 19.1 Å². The predicted octanol–water partition coefficient (Wildman–Crippen LogP) is 2.80. The smallest absolute Gasteiger partial charge is 0.179 e. The lowest BCUT2D eigenvalue weighted by Gasteiger charge is -2.07. The van der Waals surface area contributed by atoms with Gasteiger partial charge in [-0.3, -0.25) is 4.79 Å². The monoisotopic (exact) mass is 248 g/mol. The number of Topliss-reactive ketones (excluding diaryl/α,β-unsaturated/α-hetero) is 1. The highest BCUT2D eigenvalue weighted by Crippen LogP contribution is 2.24. The topological polar surface area (TPSA) is 44.9 Å². The lowest BCUT2D eigenvalue weighted by molar-refractivity contribution is 0.0989. The quantitative estimate of drug-likeness (QED) is 0.817. The van der Waals surface area contributed by atoms with Gasteiger partial charge in [0.05, 0.1) is 12.1 Å². The number of ketones is 1. The van der Waals surface area contributed by atoms with Gasteiger partial charge in [-0.05, 0) is 13.0 Å². The van der Waals surface area contributed by atoms with Crippen LogP contribution in [-0.4, -0.2) is 23.4 Å². The summed E-state index contributed by atoms with van der Waals surface area (Å²) < 4.78 is 13.6. The SMILES string of the molecule is Cc1[nH]c2c(F)cccc2c1C(=O)CNC(C)C. The fraction of sp³-hybridized carbons (Fsp3) is 0.357. The molecule has 2 aromatic rings. The molecular weight excluding hydrogens is 231 g/mol. The lowest BCUT2D eigenvalue weighted by Crippen LogP contribution is -2.29. The number of carbonyl (C=O) groups excluding carboxylic acids is 1. The molecule has 2 N–H and O–H groups in total. The Labute approximate surface area is 105 Å². The normalized spacial score (nSPS) is 11.4. The van der Waals surface area contributed by atoms with Crippen molar-refractivity contribution in [3.63, 3.8) is 0 Å². The van der Waals surface area contributed by atoms with E-state index in [2.05, 4.69) is 10.3 Å². The van der Waals surface area contributed by atoms with E-state index in [0.29, 0.717) is 22.2 Å². The minimum absolute atomic E-state index is 0.0157. The highest BCUT2D eigenvalue weighted by atomic mass is 19.1. The van der Waals surface area contributed by atoms with Gasteiger partial charge in [-0.15, -0.1) is 0 Å². The van der Waals surface area contributed by atoms with Crippen LogP contribution in [0.25, 0.3) is 10.9 Å². The standard InChI is InChI=1S/C14H17FN2O/c1-8(2)16-7-12(18)13-9(3)17-14-10(13)5-4-6-11(14)15/h4-6,8,16-17H,7H2,1-3H3. The van der Waals surface area contributed by atoms with Crippen molar-refractivity contribution in [2.75, 3.05) is 6.54 Å². The van der Waals surface area contributed by atoms with E-state index >= 15 is 0 Å². The summed E-state index contributed by atoms with van der Waals surface area (Å²) in [6, 6.07) is 5.03. The molecule has 1 heterocycles. The summed E-state index contributed by atoms with van der Waals surface area (Å²) in [7, 11) is 0. The van der Waals surface area contributed by atoms with Crippen molar-refractivity contribution in [1.82, 2.24) is 10.3 Å². The lowest BCUT2D eigenvalue weighted by atomic mass is 10.1. The average Bonchev–Trinajstić information content (AvgIpc) is 2.64. The van der Waals surface area contributed by atoms with E-state index in [0.717, 1.165) is 0 Å². The highest BCUT2D eigenvalue weighted by Gasteiger charge is 2.17. The van der Waals surface area contributed by atoms with Crippen LogP contribution in [0.5, 0.6) is 0 Å². The van der Waals surface area contributed by atoms with Gasteiger partial charge in [0, 0.05) is 22.7 Å². The Hall–Kier alpha value is -1.68. The molecule has 1 aromatic heterocycles. The average molecular weight is 248 g/mol. The summed E-state index contributed by atoms with van der Waals surface area (Å²) in [4.78, 5) is 15.1. The van der Waals surface area contributed by atoms with Crippen molar-refractivity contribution < 1.29 is 9.18 Å². The summed E-state index contributed by atoms with van der Waals surface area (Å²) >= 11 is 0. The van der Waals surface area contributed by atoms with E-state index in [-0.39, 0.29) is 24.2 Å². The maximum absolute atomic E-state index is 13.6. The largest absolute Gasteiger partial charge is 0.356 e. The number of aromatic amines is 1. The van der Waals surface area contributed by atoms with E-state index < -0.39 is 0 Å². The third kappa shape index (κ3) is 2.29. The molecule has 18 heavy (non-hydrogen) atoms. The van der Waals surface area contributed by atoms with Crippen LogP contribution in [0.1, 0.15) is 29.9 Å². The number of nitrogens with one attached hydrogen (secondary N) is 2. The first-order valence-electron chi connectivity index (χ1n) is 6.04. The number of aromatic nitrogens is 1. The zero-order valence-electron chi connectivity index (χ0n) is 10.8. The minimum atomic E-state index is -0.327. The van der Waals surface area contributed by atoms with Crippen molar-refractivity contribution in [1.29, 1.82) is 0 Å². The molecule has 4 heteroatoms. The number of hydrogen-bond donors (Lipinski definition) is 2. The van der Waals surface area contributed by atoms with Crippen molar-refractivity contribution in [2.45, 2.75) is 26.8 Å². The first-order chi connectivity index (χ1) is 8.50. The maximum Gasteiger partial charge on any atom is 0.179 e. The number of benzene rings is 1. The van der Waals surface area contributed by atoms with Gasteiger partial charge in [-0.25, -0.2) is 4.39 Å². The molecule has 0 spiro atoms. The van der Waals surface area contributed by atoms with E-state index in [4.69, 9.17) is 0 Å². The zero-order chi connectivity index (χ0) is 13.3. The Morgan fingerprint density at radius 3 is 2.83 bits per heavy atom. The summed E-state index contributed by atoms with van der Waals surface area (Å²) in [5.74, 6) is -0.343. The first-order valence-corrected chi connectivity index (χ1v) is 6.04. The molecule has 0 bridgehead atoms. The fourth-order valence-corrected chi connectivity index (χ4v) is 2.06. The molecule has 0 saturated carbocycles. The van der Waals surface area contributed by atoms with Gasteiger partial charge >= 0.3 is 0 Å². The molecule has 0 fully saturated rings. The Morgan fingerprint density at radius 1 is 1.44 bits per heavy atom. The summed E-state index contributed by atoms with van der Waals surface area (Å²) in [6.07, 6.45) is 0. The number of carbonyl (C=O) groups is 1. The van der Waals surface area contributed by atoms with Gasteiger partial charge < -0.3 is 10.3 Å². The second kappa shape index (κ2) is 4.90. The van der Waals surface area contributed by atoms with E-state index in [9.17, 15) is 9.18 Å². The predicted molar refractivity (Wildman–Crippen MR) is 70.5 cm³/mol. The van der Waals surface area contributed by atoms with Crippen LogP contribution in [0, 0.1) is 12.7 Å². The van der Waals surface area contributed by atoms with Gasteiger partial charge in [-0.2, -0.15) is 0 Å². The molecule has 3 nitrogen and oxygen atoms in total. The van der Waals surface area contributed by atoms with Crippen molar-refractivity contribution in [2.24, 2.45) is 0 Å². The van der Waals surface area contributed by atoms with Gasteiger partial charge in [0.1, 0.15) is 5.82 Å². The number of hydrogen-bond acceptors (Lipinski definition) is 2. The van der Waals surface area contributed by atoms with Crippen LogP contribution in [0.3, 0.4) is 0 Å². The number of fused-ring (bicyclic) bond motifs is 1. The fourth-order valence-electron chi connectivity index (χ4n) is 2.06. The minimum Gasteiger partial charge on any atom is -0.356 e. The number of rotatable bonds is 4. The van der Waals surface area contributed by atoms with Gasteiger partial charge in [0.15, 0.2) is 5.78 Å². The summed E-state index contributed by atoms with van der Waals surface area (Å²) in [5.41, 5.74) is 1.70. The molecule has 2 rings (SSSR count). The third-order valence-electron chi connectivity index (χ3n) is 2.92. The Bertz CT molecular complexity index is 587. The molecule has 0 unspecified atom stereocenters. The molecule has 0 radical (unpaired) electrons. The molecule has 96 valence electrons. The number of halogens is 1. The van der Waals surface area contributed by atoms with Gasteiger partial charge in [0.25, 0.3) is 0 Å². The molecule has 0 amide bonds. The molecular formula is C14H17FN2O. The maximum atomic E-state index is 13.6. The highest BCUT2D eigenvalue weighted by molar-refractivity contribution is 6.10. The molecule has 0 aliphatic carbocycles. The Balaban J connectivity index is 2.41. The van der Waals surface area contributed by atoms with Crippen LogP contribution in [-0.2, 0) is 0 Å². The van der Waals surface area contributed by atoms with Crippen LogP contribution in [0.4, 0.5) is 4.39 Å². The van der Waals surface area contributed by atoms with Crippen molar-refractivity contribution >= 4 is 16.7 Å². The molecule has 0 aliphatic rings. The molecule has 1 aromatic carbocycles. The second-order valence-electron chi connectivity index (χ2n) is 4.75. The Morgan fingerprint density at radius 2 is 2.17 bits per heavy atom. The molecule has 0 aliphatic heterocycles. The number of H-pyrrole nitrogens is 1. The van der Waals surface area contributed by atoms with E-state index in [1.807, 2.05) is 13.8 Å². The first kappa shape index (κ1) is 12.8.